The zero-order valence-corrected chi connectivity index (χ0v) is 25.1. The van der Waals surface area contributed by atoms with Crippen molar-refractivity contribution in [3.8, 4) is 22.9 Å². The fourth-order valence-corrected chi connectivity index (χ4v) is 7.10. The van der Waals surface area contributed by atoms with Crippen molar-refractivity contribution in [1.82, 2.24) is 14.9 Å². The molecule has 2 aliphatic heterocycles. The van der Waals surface area contributed by atoms with Crippen LogP contribution in [0.4, 0.5) is 14.6 Å². The van der Waals surface area contributed by atoms with E-state index in [9.17, 15) is 9.50 Å². The van der Waals surface area contributed by atoms with Gasteiger partial charge in [-0.3, -0.25) is 0 Å². The number of piperidine rings is 1. The number of aryl methyl sites for hydroxylation is 1. The van der Waals surface area contributed by atoms with Crippen LogP contribution < -0.4 is 9.64 Å². The molecule has 2 saturated heterocycles. The quantitative estimate of drug-likeness (QED) is 0.253. The van der Waals surface area contributed by atoms with Crippen molar-refractivity contribution < 1.29 is 23.4 Å². The van der Waals surface area contributed by atoms with Gasteiger partial charge in [0.2, 0.25) is 0 Å². The highest BCUT2D eigenvalue weighted by atomic mass is 19.1. The van der Waals surface area contributed by atoms with Gasteiger partial charge in [0.05, 0.1) is 18.8 Å². The predicted molar refractivity (Wildman–Crippen MR) is 164 cm³/mol. The number of aromatic hydroxyl groups is 1. The summed E-state index contributed by atoms with van der Waals surface area (Å²) in [6, 6.07) is 9.78. The summed E-state index contributed by atoms with van der Waals surface area (Å²) in [5.41, 5.74) is 1.17. The molecule has 3 fully saturated rings. The minimum Gasteiger partial charge on any atom is -0.508 e. The Kier molecular flexibility index (Phi) is 6.93. The first kappa shape index (κ1) is 28.2. The third-order valence-electron chi connectivity index (χ3n) is 9.48. The average Bonchev–Trinajstić information content (AvgIpc) is 3.74. The van der Waals surface area contributed by atoms with Crippen molar-refractivity contribution in [2.24, 2.45) is 5.41 Å². The van der Waals surface area contributed by atoms with Gasteiger partial charge in [0.15, 0.2) is 5.82 Å². The van der Waals surface area contributed by atoms with Gasteiger partial charge < -0.3 is 24.4 Å². The van der Waals surface area contributed by atoms with Crippen LogP contribution in [-0.4, -0.2) is 72.5 Å². The van der Waals surface area contributed by atoms with Gasteiger partial charge in [-0.1, -0.05) is 19.1 Å². The molecule has 226 valence electrons. The summed E-state index contributed by atoms with van der Waals surface area (Å²) in [7, 11) is 4.11. The zero-order valence-electron chi connectivity index (χ0n) is 25.1. The number of aromatic nitrogens is 2. The molecule has 1 N–H and O–H groups in total. The second-order valence-electron chi connectivity index (χ2n) is 13.0. The minimum absolute atomic E-state index is 0.0159. The van der Waals surface area contributed by atoms with Crippen molar-refractivity contribution in [2.75, 3.05) is 51.8 Å². The molecule has 4 aromatic rings. The van der Waals surface area contributed by atoms with E-state index in [-0.39, 0.29) is 39.7 Å². The molecule has 1 atom stereocenters. The van der Waals surface area contributed by atoms with Crippen LogP contribution in [0.3, 0.4) is 0 Å². The van der Waals surface area contributed by atoms with Gasteiger partial charge in [-0.2, -0.15) is 9.97 Å². The Hall–Kier alpha value is -3.56. The van der Waals surface area contributed by atoms with Crippen LogP contribution in [0.2, 0.25) is 0 Å². The maximum Gasteiger partial charge on any atom is 0.319 e. The molecule has 0 bridgehead atoms. The molecule has 43 heavy (non-hydrogen) atoms. The van der Waals surface area contributed by atoms with Gasteiger partial charge in [-0.15, -0.1) is 0 Å². The first-order valence-corrected chi connectivity index (χ1v) is 15.3. The van der Waals surface area contributed by atoms with Crippen LogP contribution in [0.5, 0.6) is 11.8 Å². The normalized spacial score (nSPS) is 21.1. The van der Waals surface area contributed by atoms with Crippen molar-refractivity contribution in [2.45, 2.75) is 51.0 Å². The van der Waals surface area contributed by atoms with E-state index in [1.54, 1.807) is 18.2 Å². The van der Waals surface area contributed by atoms with E-state index in [1.807, 2.05) is 13.0 Å². The van der Waals surface area contributed by atoms with Crippen LogP contribution >= 0.6 is 0 Å². The SMILES string of the molecule is CCc1c(F)ccc2cc(O)cc(-c3ccc4c(N5CCC[C@]6(CCO6)C5)nc(OCC5(CN(C)C)CC5)nc4c3F)c12. The number of anilines is 1. The van der Waals surface area contributed by atoms with E-state index in [1.165, 1.54) is 12.1 Å². The van der Waals surface area contributed by atoms with Gasteiger partial charge in [0.25, 0.3) is 0 Å². The summed E-state index contributed by atoms with van der Waals surface area (Å²) in [6.07, 6.45) is 5.52. The zero-order chi connectivity index (χ0) is 29.9. The lowest BCUT2D eigenvalue weighted by Gasteiger charge is -2.48. The number of fused-ring (bicyclic) bond motifs is 2. The Bertz CT molecular complexity index is 1720. The Morgan fingerprint density at radius 1 is 1.05 bits per heavy atom. The first-order valence-electron chi connectivity index (χ1n) is 15.3. The number of ether oxygens (including phenoxy) is 2. The predicted octanol–water partition coefficient (Wildman–Crippen LogP) is 6.48. The van der Waals surface area contributed by atoms with Crippen molar-refractivity contribution in [1.29, 1.82) is 0 Å². The number of phenolic OH excluding ortho intramolecular Hbond substituents is 1. The van der Waals surface area contributed by atoms with Gasteiger partial charge in [-0.05, 0) is 92.4 Å². The molecule has 7 rings (SSSR count). The van der Waals surface area contributed by atoms with Crippen LogP contribution in [0.1, 0.15) is 44.6 Å². The maximum absolute atomic E-state index is 16.8. The van der Waals surface area contributed by atoms with E-state index in [0.29, 0.717) is 52.7 Å². The second-order valence-corrected chi connectivity index (χ2v) is 13.0. The number of nitrogens with zero attached hydrogens (tertiary/aromatic N) is 4. The van der Waals surface area contributed by atoms with Crippen molar-refractivity contribution in [3.05, 3.63) is 53.6 Å². The molecule has 9 heteroatoms. The molecule has 3 aliphatic rings. The lowest BCUT2D eigenvalue weighted by Crippen LogP contribution is -2.56. The molecule has 0 unspecified atom stereocenters. The number of phenols is 1. The minimum atomic E-state index is -0.551. The lowest BCUT2D eigenvalue weighted by atomic mass is 9.85. The third-order valence-corrected chi connectivity index (χ3v) is 9.48. The fraction of sp³-hybridized carbons (Fsp3) is 0.471. The number of hydrogen-bond donors (Lipinski definition) is 1. The molecule has 3 heterocycles. The van der Waals surface area contributed by atoms with E-state index in [4.69, 9.17) is 14.5 Å². The fourth-order valence-electron chi connectivity index (χ4n) is 7.10. The Morgan fingerprint density at radius 3 is 2.56 bits per heavy atom. The molecule has 1 aliphatic carbocycles. The largest absolute Gasteiger partial charge is 0.508 e. The molecular weight excluding hydrogens is 550 g/mol. The molecule has 0 radical (unpaired) electrons. The van der Waals surface area contributed by atoms with Crippen LogP contribution in [-0.2, 0) is 11.2 Å². The van der Waals surface area contributed by atoms with E-state index < -0.39 is 5.82 Å². The van der Waals surface area contributed by atoms with Gasteiger partial charge in [0.1, 0.15) is 22.9 Å². The maximum atomic E-state index is 16.8. The highest BCUT2D eigenvalue weighted by Gasteiger charge is 2.45. The smallest absolute Gasteiger partial charge is 0.319 e. The molecule has 3 aromatic carbocycles. The summed E-state index contributed by atoms with van der Waals surface area (Å²) in [6.45, 7) is 5.45. The van der Waals surface area contributed by atoms with E-state index >= 15 is 4.39 Å². The molecule has 1 saturated carbocycles. The highest BCUT2D eigenvalue weighted by Crippen LogP contribution is 2.47. The summed E-state index contributed by atoms with van der Waals surface area (Å²) in [5.74, 6) is -0.283. The van der Waals surface area contributed by atoms with Gasteiger partial charge >= 0.3 is 6.01 Å². The Morgan fingerprint density at radius 2 is 1.86 bits per heavy atom. The summed E-state index contributed by atoms with van der Waals surface area (Å²) >= 11 is 0. The molecule has 1 aromatic heterocycles. The monoisotopic (exact) mass is 588 g/mol. The Balaban J connectivity index is 1.37. The van der Waals surface area contributed by atoms with Gasteiger partial charge in [-0.25, -0.2) is 8.78 Å². The molecule has 0 amide bonds. The van der Waals surface area contributed by atoms with Crippen molar-refractivity contribution >= 4 is 27.5 Å². The summed E-state index contributed by atoms with van der Waals surface area (Å²) in [4.78, 5) is 13.9. The highest BCUT2D eigenvalue weighted by molar-refractivity contribution is 6.03. The number of benzene rings is 3. The molecule has 7 nitrogen and oxygen atoms in total. The lowest BCUT2D eigenvalue weighted by molar-refractivity contribution is -0.151. The van der Waals surface area contributed by atoms with Crippen molar-refractivity contribution in [3.63, 3.8) is 0 Å². The van der Waals surface area contributed by atoms with Crippen LogP contribution in [0, 0.1) is 17.0 Å². The first-order chi connectivity index (χ1) is 20.7. The van der Waals surface area contributed by atoms with E-state index in [0.717, 1.165) is 51.8 Å². The second kappa shape index (κ2) is 10.6. The van der Waals surface area contributed by atoms with Crippen LogP contribution in [0.15, 0.2) is 36.4 Å². The van der Waals surface area contributed by atoms with Crippen LogP contribution in [0.25, 0.3) is 32.8 Å². The average molecular weight is 589 g/mol. The van der Waals surface area contributed by atoms with E-state index in [2.05, 4.69) is 28.9 Å². The Labute approximate surface area is 250 Å². The third kappa shape index (κ3) is 5.06. The molecular formula is C34H38F2N4O3. The molecule has 1 spiro atoms. The number of rotatable bonds is 8. The van der Waals surface area contributed by atoms with Gasteiger partial charge in [0, 0.05) is 42.4 Å². The summed E-state index contributed by atoms with van der Waals surface area (Å²) < 4.78 is 44.0. The topological polar surface area (TPSA) is 71.0 Å². The number of hydrogen-bond acceptors (Lipinski definition) is 7. The standard InChI is InChI=1S/C34H38F2N4O3/c1-4-23-27(35)9-6-21-16-22(41)17-26(28(21)23)24-7-8-25-30(29(24)36)37-32(42-20-33(11-12-33)18-39(2)3)38-31(25)40-14-5-10-34(19-40)13-15-43-34/h6-9,16-17,41H,4-5,10-15,18-20H2,1-3H3/t34-/m0/s1. The number of halogens is 2. The summed E-state index contributed by atoms with van der Waals surface area (Å²) in [5, 5.41) is 12.4.